The van der Waals surface area contributed by atoms with Gasteiger partial charge < -0.3 is 0 Å². The zero-order valence-electron chi connectivity index (χ0n) is 11.0. The molecule has 0 fully saturated rings. The maximum Gasteiger partial charge on any atom is 0.239 e. The molecule has 2 heterocycles. The molecule has 0 aliphatic rings. The van der Waals surface area contributed by atoms with E-state index >= 15 is 0 Å². The van der Waals surface area contributed by atoms with Crippen LogP contribution >= 0.6 is 11.8 Å². The summed E-state index contributed by atoms with van der Waals surface area (Å²) in [5.41, 5.74) is 5.19. The lowest BCUT2D eigenvalue weighted by Gasteiger charge is -2.05. The predicted molar refractivity (Wildman–Crippen MR) is 75.3 cm³/mol. The van der Waals surface area contributed by atoms with E-state index in [1.165, 1.54) is 46.4 Å². The first-order valence-electron chi connectivity index (χ1n) is 6.11. The largest absolute Gasteiger partial charge is 0.273 e. The molecule has 0 bridgehead atoms. The average Bonchev–Trinajstić information content (AvgIpc) is 3.12. The minimum absolute atomic E-state index is 0.128. The number of thioether (sulfide) groups is 1. The molecule has 10 nitrogen and oxygen atoms in total. The van der Waals surface area contributed by atoms with Crippen LogP contribution in [0, 0.1) is 0 Å². The minimum atomic E-state index is -0.128. The van der Waals surface area contributed by atoms with Gasteiger partial charge in [-0.05, 0) is 0 Å². The van der Waals surface area contributed by atoms with Crippen LogP contribution in [-0.4, -0.2) is 53.1 Å². The van der Waals surface area contributed by atoms with E-state index in [2.05, 4.69) is 31.2 Å². The number of carbonyl (C=O) groups is 2. The minimum Gasteiger partial charge on any atom is -0.273 e. The standard InChI is InChI=1S/C10H14N8O2S/c19-9(15-17-5-11-12-6-17)1-3-21-4-2-10(20)16-18-7-13-14-8-18/h5-8H,1-4H2,(H,15,19)(H,16,20). The van der Waals surface area contributed by atoms with Crippen molar-refractivity contribution in [1.82, 2.24) is 29.7 Å². The third kappa shape index (κ3) is 5.60. The smallest absolute Gasteiger partial charge is 0.239 e. The van der Waals surface area contributed by atoms with Gasteiger partial charge in [-0.3, -0.25) is 20.4 Å². The topological polar surface area (TPSA) is 120 Å². The van der Waals surface area contributed by atoms with Crippen LogP contribution < -0.4 is 10.9 Å². The summed E-state index contributed by atoms with van der Waals surface area (Å²) < 4.78 is 2.78. The summed E-state index contributed by atoms with van der Waals surface area (Å²) in [7, 11) is 0. The van der Waals surface area contributed by atoms with Crippen molar-refractivity contribution in [1.29, 1.82) is 0 Å². The number of hydrogen-bond acceptors (Lipinski definition) is 7. The maximum atomic E-state index is 11.5. The van der Waals surface area contributed by atoms with E-state index in [4.69, 9.17) is 0 Å². The number of aromatic nitrogens is 6. The van der Waals surface area contributed by atoms with Gasteiger partial charge >= 0.3 is 0 Å². The Morgan fingerprint density at radius 3 is 1.57 bits per heavy atom. The van der Waals surface area contributed by atoms with Crippen molar-refractivity contribution in [2.24, 2.45) is 0 Å². The van der Waals surface area contributed by atoms with Gasteiger partial charge in [-0.25, -0.2) is 9.35 Å². The Morgan fingerprint density at radius 2 is 1.19 bits per heavy atom. The lowest BCUT2D eigenvalue weighted by Crippen LogP contribution is -2.22. The Balaban J connectivity index is 1.51. The van der Waals surface area contributed by atoms with E-state index in [-0.39, 0.29) is 11.8 Å². The molecule has 2 rings (SSSR count). The average molecular weight is 310 g/mol. The van der Waals surface area contributed by atoms with Crippen LogP contribution in [0.5, 0.6) is 0 Å². The molecule has 0 aliphatic carbocycles. The Labute approximate surface area is 124 Å². The summed E-state index contributed by atoms with van der Waals surface area (Å²) in [4.78, 5) is 23.0. The number of rotatable bonds is 8. The van der Waals surface area contributed by atoms with E-state index in [0.29, 0.717) is 24.3 Å². The molecular weight excluding hydrogens is 296 g/mol. The molecule has 2 aromatic rings. The van der Waals surface area contributed by atoms with Gasteiger partial charge in [-0.15, -0.1) is 20.4 Å². The summed E-state index contributed by atoms with van der Waals surface area (Å²) in [5.74, 6) is 1.01. The van der Waals surface area contributed by atoms with E-state index in [9.17, 15) is 9.59 Å². The summed E-state index contributed by atoms with van der Waals surface area (Å²) >= 11 is 1.53. The fraction of sp³-hybridized carbons (Fsp3) is 0.400. The van der Waals surface area contributed by atoms with E-state index in [0.717, 1.165) is 0 Å². The lowest BCUT2D eigenvalue weighted by molar-refractivity contribution is -0.117. The van der Waals surface area contributed by atoms with E-state index < -0.39 is 0 Å². The van der Waals surface area contributed by atoms with Gasteiger partial charge in [-0.1, -0.05) is 0 Å². The molecule has 11 heteroatoms. The van der Waals surface area contributed by atoms with Crippen LogP contribution in [0.4, 0.5) is 0 Å². The lowest BCUT2D eigenvalue weighted by atomic mass is 10.5. The van der Waals surface area contributed by atoms with Crippen LogP contribution in [-0.2, 0) is 9.59 Å². The second kappa shape index (κ2) is 7.99. The molecule has 112 valence electrons. The molecule has 2 N–H and O–H groups in total. The molecule has 21 heavy (non-hydrogen) atoms. The number of amides is 2. The number of nitrogens with zero attached hydrogens (tertiary/aromatic N) is 6. The molecule has 0 atom stereocenters. The second-order valence-electron chi connectivity index (χ2n) is 3.92. The monoisotopic (exact) mass is 310 g/mol. The van der Waals surface area contributed by atoms with Crippen molar-refractivity contribution in [3.05, 3.63) is 25.3 Å². The van der Waals surface area contributed by atoms with Gasteiger partial charge in [0.2, 0.25) is 11.8 Å². The van der Waals surface area contributed by atoms with Crippen molar-refractivity contribution < 1.29 is 9.59 Å². The van der Waals surface area contributed by atoms with Crippen LogP contribution in [0.3, 0.4) is 0 Å². The van der Waals surface area contributed by atoms with Crippen molar-refractivity contribution in [2.75, 3.05) is 22.4 Å². The van der Waals surface area contributed by atoms with Crippen molar-refractivity contribution in [3.63, 3.8) is 0 Å². The van der Waals surface area contributed by atoms with Gasteiger partial charge in [0.25, 0.3) is 0 Å². The Hall–Kier alpha value is -2.43. The molecule has 2 aromatic heterocycles. The summed E-state index contributed by atoms with van der Waals surface area (Å²) in [5, 5.41) is 14.3. The third-order valence-corrected chi connectivity index (χ3v) is 3.28. The Morgan fingerprint density at radius 1 is 0.810 bits per heavy atom. The molecular formula is C10H14N8O2S. The van der Waals surface area contributed by atoms with E-state index in [1.807, 2.05) is 0 Å². The predicted octanol–water partition coefficient (Wildman–Crippen LogP) is -0.777. The van der Waals surface area contributed by atoms with Crippen LogP contribution in [0.25, 0.3) is 0 Å². The van der Waals surface area contributed by atoms with Crippen LogP contribution in [0.2, 0.25) is 0 Å². The normalized spacial score (nSPS) is 10.3. The Bertz CT molecular complexity index is 505. The second-order valence-corrected chi connectivity index (χ2v) is 5.15. The molecule has 0 radical (unpaired) electrons. The van der Waals surface area contributed by atoms with Gasteiger partial charge in [0, 0.05) is 24.3 Å². The maximum absolute atomic E-state index is 11.5. The molecule has 0 saturated heterocycles. The van der Waals surface area contributed by atoms with Crippen LogP contribution in [0.1, 0.15) is 12.8 Å². The number of hydrogen-bond donors (Lipinski definition) is 2. The SMILES string of the molecule is O=C(CCSCCC(=O)Nn1cnnc1)Nn1cnnc1. The summed E-state index contributed by atoms with van der Waals surface area (Å²) in [6, 6.07) is 0. The first-order chi connectivity index (χ1) is 10.2. The molecule has 0 aliphatic heterocycles. The molecule has 0 spiro atoms. The highest BCUT2D eigenvalue weighted by Crippen LogP contribution is 2.05. The first kappa shape index (κ1) is 15.0. The highest BCUT2D eigenvalue weighted by molar-refractivity contribution is 7.99. The number of carbonyl (C=O) groups excluding carboxylic acids is 2. The molecule has 2 amide bonds. The zero-order valence-corrected chi connectivity index (χ0v) is 11.9. The summed E-state index contributed by atoms with van der Waals surface area (Å²) in [6.45, 7) is 0. The highest BCUT2D eigenvalue weighted by atomic mass is 32.2. The van der Waals surface area contributed by atoms with Gasteiger partial charge in [0.05, 0.1) is 0 Å². The molecule has 0 saturated carbocycles. The van der Waals surface area contributed by atoms with Gasteiger partial charge in [-0.2, -0.15) is 11.8 Å². The fourth-order valence-corrected chi connectivity index (χ4v) is 2.21. The highest BCUT2D eigenvalue weighted by Gasteiger charge is 2.04. The van der Waals surface area contributed by atoms with Crippen molar-refractivity contribution >= 4 is 23.6 Å². The van der Waals surface area contributed by atoms with Crippen molar-refractivity contribution in [3.8, 4) is 0 Å². The van der Waals surface area contributed by atoms with Crippen LogP contribution in [0.15, 0.2) is 25.3 Å². The fourth-order valence-electron chi connectivity index (χ4n) is 1.35. The van der Waals surface area contributed by atoms with Crippen molar-refractivity contribution in [2.45, 2.75) is 12.8 Å². The summed E-state index contributed by atoms with van der Waals surface area (Å²) in [6.07, 6.45) is 6.33. The van der Waals surface area contributed by atoms with Gasteiger partial charge in [0.15, 0.2) is 0 Å². The molecule has 0 aromatic carbocycles. The number of nitrogens with one attached hydrogen (secondary N) is 2. The Kier molecular flexibility index (Phi) is 5.70. The quantitative estimate of drug-likeness (QED) is 0.614. The van der Waals surface area contributed by atoms with Gasteiger partial charge in [0.1, 0.15) is 25.3 Å². The molecule has 0 unspecified atom stereocenters. The van der Waals surface area contributed by atoms with E-state index in [1.54, 1.807) is 0 Å². The third-order valence-electron chi connectivity index (χ3n) is 2.29. The zero-order chi connectivity index (χ0) is 14.9. The first-order valence-corrected chi connectivity index (χ1v) is 7.26.